The molecular formula is C13H19N3O2. The van der Waals surface area contributed by atoms with E-state index in [2.05, 4.69) is 5.32 Å². The van der Waals surface area contributed by atoms with Gasteiger partial charge in [-0.05, 0) is 31.5 Å². The molecule has 0 radical (unpaired) electrons. The van der Waals surface area contributed by atoms with E-state index in [0.717, 1.165) is 5.56 Å². The van der Waals surface area contributed by atoms with Gasteiger partial charge in [0.15, 0.2) is 0 Å². The van der Waals surface area contributed by atoms with Crippen LogP contribution in [0.15, 0.2) is 18.2 Å². The fourth-order valence-corrected chi connectivity index (χ4v) is 1.40. The number of carbonyl (C=O) groups is 2. The van der Waals surface area contributed by atoms with Crippen LogP contribution >= 0.6 is 0 Å². The third kappa shape index (κ3) is 3.30. The topological polar surface area (TPSA) is 98.2 Å². The third-order valence-electron chi connectivity index (χ3n) is 2.98. The lowest BCUT2D eigenvalue weighted by atomic mass is 10.0. The molecule has 0 saturated carbocycles. The van der Waals surface area contributed by atoms with Gasteiger partial charge in [0.25, 0.3) is 0 Å². The van der Waals surface area contributed by atoms with Gasteiger partial charge in [0.05, 0.1) is 5.92 Å². The summed E-state index contributed by atoms with van der Waals surface area (Å²) in [6.07, 6.45) is 0. The number of nitrogens with one attached hydrogen (secondary N) is 1. The quantitative estimate of drug-likeness (QED) is 0.742. The summed E-state index contributed by atoms with van der Waals surface area (Å²) in [6, 6.07) is 4.71. The van der Waals surface area contributed by atoms with Gasteiger partial charge in [-0.1, -0.05) is 13.0 Å². The van der Waals surface area contributed by atoms with Gasteiger partial charge in [0, 0.05) is 17.3 Å². The number of nitrogens with two attached hydrogens (primary N) is 2. The number of primary amides is 1. The first-order valence-electron chi connectivity index (χ1n) is 5.79. The van der Waals surface area contributed by atoms with Crippen molar-refractivity contribution >= 4 is 17.5 Å². The molecule has 1 aromatic rings. The van der Waals surface area contributed by atoms with Crippen LogP contribution in [0.25, 0.3) is 0 Å². The molecule has 0 saturated heterocycles. The zero-order chi connectivity index (χ0) is 13.9. The van der Waals surface area contributed by atoms with Gasteiger partial charge in [0.2, 0.25) is 11.8 Å². The van der Waals surface area contributed by atoms with Gasteiger partial charge >= 0.3 is 0 Å². The minimum atomic E-state index is -0.522. The Balaban J connectivity index is 2.93. The van der Waals surface area contributed by atoms with Crippen LogP contribution in [0.1, 0.15) is 29.8 Å². The zero-order valence-corrected chi connectivity index (χ0v) is 10.9. The number of amides is 2. The van der Waals surface area contributed by atoms with Crippen molar-refractivity contribution in [3.8, 4) is 0 Å². The van der Waals surface area contributed by atoms with E-state index in [1.54, 1.807) is 32.0 Å². The molecule has 1 rings (SSSR count). The molecule has 0 aromatic heterocycles. The van der Waals surface area contributed by atoms with Crippen molar-refractivity contribution in [2.24, 2.45) is 17.4 Å². The summed E-state index contributed by atoms with van der Waals surface area (Å²) in [5.41, 5.74) is 12.7. The maximum atomic E-state index is 11.9. The van der Waals surface area contributed by atoms with Gasteiger partial charge in [-0.25, -0.2) is 0 Å². The van der Waals surface area contributed by atoms with Gasteiger partial charge in [0.1, 0.15) is 0 Å². The maximum Gasteiger partial charge on any atom is 0.248 e. The number of benzene rings is 1. The number of hydrogen-bond donors (Lipinski definition) is 3. The Morgan fingerprint density at radius 2 is 1.89 bits per heavy atom. The van der Waals surface area contributed by atoms with Crippen LogP contribution < -0.4 is 16.8 Å². The minimum absolute atomic E-state index is 0.172. The zero-order valence-electron chi connectivity index (χ0n) is 10.9. The van der Waals surface area contributed by atoms with Crippen LogP contribution in [0.4, 0.5) is 5.69 Å². The summed E-state index contributed by atoms with van der Waals surface area (Å²) in [7, 11) is 0. The molecule has 0 aliphatic heterocycles. The Morgan fingerprint density at radius 1 is 1.28 bits per heavy atom. The van der Waals surface area contributed by atoms with Gasteiger partial charge in [-0.2, -0.15) is 0 Å². The SMILES string of the molecule is Cc1ccc(C(N)=O)cc1NC(=O)C(C)C(C)N. The molecule has 5 nitrogen and oxygen atoms in total. The lowest BCUT2D eigenvalue weighted by Gasteiger charge is -2.16. The highest BCUT2D eigenvalue weighted by Crippen LogP contribution is 2.18. The van der Waals surface area contributed by atoms with E-state index in [1.165, 1.54) is 0 Å². The Hall–Kier alpha value is -1.88. The molecule has 2 unspecified atom stereocenters. The number of hydrogen-bond acceptors (Lipinski definition) is 3. The Morgan fingerprint density at radius 3 is 2.39 bits per heavy atom. The highest BCUT2D eigenvalue weighted by molar-refractivity contribution is 5.97. The number of rotatable bonds is 4. The molecule has 0 aliphatic carbocycles. The van der Waals surface area contributed by atoms with Gasteiger partial charge in [-0.3, -0.25) is 9.59 Å². The first kappa shape index (κ1) is 14.2. The van der Waals surface area contributed by atoms with Crippen molar-refractivity contribution in [3.63, 3.8) is 0 Å². The molecule has 0 spiro atoms. The molecule has 0 fully saturated rings. The maximum absolute atomic E-state index is 11.9. The van der Waals surface area contributed by atoms with Crippen molar-refractivity contribution in [1.82, 2.24) is 0 Å². The van der Waals surface area contributed by atoms with Crippen LogP contribution in [0.2, 0.25) is 0 Å². The predicted octanol–water partition coefficient (Wildman–Crippen LogP) is 1.02. The Kier molecular flexibility index (Phi) is 4.44. The second-order valence-electron chi connectivity index (χ2n) is 4.53. The molecule has 2 amide bonds. The van der Waals surface area contributed by atoms with E-state index in [0.29, 0.717) is 11.3 Å². The predicted molar refractivity (Wildman–Crippen MR) is 71.1 cm³/mol. The summed E-state index contributed by atoms with van der Waals surface area (Å²) in [5.74, 6) is -0.998. The smallest absolute Gasteiger partial charge is 0.248 e. The van der Waals surface area contributed by atoms with Crippen LogP contribution in [0.5, 0.6) is 0 Å². The molecule has 5 heteroatoms. The molecule has 1 aromatic carbocycles. The van der Waals surface area contributed by atoms with Gasteiger partial charge < -0.3 is 16.8 Å². The normalized spacial score (nSPS) is 13.8. The average molecular weight is 249 g/mol. The molecule has 18 heavy (non-hydrogen) atoms. The van der Waals surface area contributed by atoms with Crippen LogP contribution in [-0.2, 0) is 4.79 Å². The Bertz CT molecular complexity index is 469. The summed E-state index contributed by atoms with van der Waals surface area (Å²) >= 11 is 0. The Labute approximate surface area is 107 Å². The van der Waals surface area contributed by atoms with Crippen molar-refractivity contribution in [2.75, 3.05) is 5.32 Å². The largest absolute Gasteiger partial charge is 0.366 e. The third-order valence-corrected chi connectivity index (χ3v) is 2.98. The van der Waals surface area contributed by atoms with Gasteiger partial charge in [-0.15, -0.1) is 0 Å². The minimum Gasteiger partial charge on any atom is -0.366 e. The fourth-order valence-electron chi connectivity index (χ4n) is 1.40. The fraction of sp³-hybridized carbons (Fsp3) is 0.385. The van der Waals surface area contributed by atoms with E-state index in [-0.39, 0.29) is 17.9 Å². The second-order valence-corrected chi connectivity index (χ2v) is 4.53. The molecule has 0 bridgehead atoms. The highest BCUT2D eigenvalue weighted by Gasteiger charge is 2.18. The monoisotopic (exact) mass is 249 g/mol. The summed E-state index contributed by atoms with van der Waals surface area (Å²) in [4.78, 5) is 23.0. The van der Waals surface area contributed by atoms with Crippen molar-refractivity contribution in [3.05, 3.63) is 29.3 Å². The molecular weight excluding hydrogens is 230 g/mol. The first-order valence-corrected chi connectivity index (χ1v) is 5.79. The number of carbonyl (C=O) groups excluding carboxylic acids is 2. The van der Waals surface area contributed by atoms with E-state index in [9.17, 15) is 9.59 Å². The molecule has 0 heterocycles. The molecule has 98 valence electrons. The lowest BCUT2D eigenvalue weighted by Crippen LogP contribution is -2.34. The summed E-state index contributed by atoms with van der Waals surface area (Å²) < 4.78 is 0. The molecule has 2 atom stereocenters. The molecule has 0 aliphatic rings. The van der Waals surface area contributed by atoms with E-state index in [4.69, 9.17) is 11.5 Å². The van der Waals surface area contributed by atoms with Crippen molar-refractivity contribution in [1.29, 1.82) is 0 Å². The van der Waals surface area contributed by atoms with Crippen molar-refractivity contribution in [2.45, 2.75) is 26.8 Å². The number of anilines is 1. The van der Waals surface area contributed by atoms with Crippen molar-refractivity contribution < 1.29 is 9.59 Å². The highest BCUT2D eigenvalue weighted by atomic mass is 16.2. The number of aryl methyl sites for hydroxylation is 1. The van der Waals surface area contributed by atoms with Crippen LogP contribution in [0, 0.1) is 12.8 Å². The molecule has 5 N–H and O–H groups in total. The first-order chi connectivity index (χ1) is 8.32. The second kappa shape index (κ2) is 5.64. The standard InChI is InChI=1S/C13H19N3O2/c1-7-4-5-10(12(15)17)6-11(7)16-13(18)8(2)9(3)14/h4-6,8-9H,14H2,1-3H3,(H2,15,17)(H,16,18). The van der Waals surface area contributed by atoms with Crippen LogP contribution in [-0.4, -0.2) is 17.9 Å². The lowest BCUT2D eigenvalue weighted by molar-refractivity contribution is -0.119. The van der Waals surface area contributed by atoms with E-state index >= 15 is 0 Å². The summed E-state index contributed by atoms with van der Waals surface area (Å²) in [5, 5.41) is 2.76. The van der Waals surface area contributed by atoms with E-state index in [1.807, 2.05) is 6.92 Å². The average Bonchev–Trinajstić information content (AvgIpc) is 2.30. The van der Waals surface area contributed by atoms with E-state index < -0.39 is 5.91 Å². The summed E-state index contributed by atoms with van der Waals surface area (Å²) in [6.45, 7) is 5.38. The van der Waals surface area contributed by atoms with Crippen LogP contribution in [0.3, 0.4) is 0 Å².